The van der Waals surface area contributed by atoms with Gasteiger partial charge in [0.25, 0.3) is 5.91 Å². The Morgan fingerprint density at radius 2 is 1.95 bits per heavy atom. The number of fused-ring (bicyclic) bond motifs is 1. The highest BCUT2D eigenvalue weighted by atomic mass is 79.9. The first-order chi connectivity index (χ1) is 9.16. The lowest BCUT2D eigenvalue weighted by molar-refractivity contribution is 0.0795. The van der Waals surface area contributed by atoms with Crippen molar-refractivity contribution < 1.29 is 9.18 Å². The van der Waals surface area contributed by atoms with Crippen molar-refractivity contribution in [3.63, 3.8) is 0 Å². The van der Waals surface area contributed by atoms with Crippen molar-refractivity contribution in [2.24, 2.45) is 0 Å². The molecule has 3 rings (SSSR count). The monoisotopic (exact) mass is 321 g/mol. The largest absolute Gasteiger partial charge is 0.337 e. The lowest BCUT2D eigenvalue weighted by atomic mass is 10.0. The van der Waals surface area contributed by atoms with Crippen LogP contribution in [0.25, 0.3) is 10.8 Å². The fourth-order valence-electron chi connectivity index (χ4n) is 2.52. The topological polar surface area (TPSA) is 20.3 Å². The van der Waals surface area contributed by atoms with E-state index in [-0.39, 0.29) is 11.7 Å². The van der Waals surface area contributed by atoms with Gasteiger partial charge in [-0.3, -0.25) is 4.79 Å². The number of benzene rings is 2. The number of carbonyl (C=O) groups is 1. The van der Waals surface area contributed by atoms with Crippen LogP contribution >= 0.6 is 15.9 Å². The Hall–Kier alpha value is -1.42. The highest BCUT2D eigenvalue weighted by Crippen LogP contribution is 2.25. The second-order valence-corrected chi connectivity index (χ2v) is 6.07. The molecule has 0 spiro atoms. The van der Waals surface area contributed by atoms with E-state index in [1.54, 1.807) is 24.3 Å². The van der Waals surface area contributed by atoms with Crippen LogP contribution in [-0.4, -0.2) is 28.7 Å². The van der Waals surface area contributed by atoms with Crippen molar-refractivity contribution in [1.82, 2.24) is 4.90 Å². The molecular weight excluding hydrogens is 309 g/mol. The minimum Gasteiger partial charge on any atom is -0.337 e. The second kappa shape index (κ2) is 4.93. The Morgan fingerprint density at radius 1 is 1.21 bits per heavy atom. The van der Waals surface area contributed by atoms with Gasteiger partial charge in [-0.05, 0) is 23.9 Å². The predicted octanol–water partition coefficient (Wildman–Crippen LogP) is 3.59. The molecule has 1 amide bonds. The Morgan fingerprint density at radius 3 is 2.63 bits per heavy atom. The minimum atomic E-state index is -0.285. The molecule has 2 aromatic carbocycles. The molecule has 2 aromatic rings. The molecule has 1 heterocycles. The van der Waals surface area contributed by atoms with Gasteiger partial charge in [0.15, 0.2) is 0 Å². The zero-order valence-corrected chi connectivity index (χ0v) is 11.9. The van der Waals surface area contributed by atoms with E-state index in [2.05, 4.69) is 15.9 Å². The van der Waals surface area contributed by atoms with Crippen molar-refractivity contribution in [3.05, 3.63) is 47.8 Å². The SMILES string of the molecule is O=C(c1ccc(F)c2ccccc12)N1CCC(Br)C1. The normalized spacial score (nSPS) is 19.1. The Kier molecular flexibility index (Phi) is 3.27. The average Bonchev–Trinajstić information content (AvgIpc) is 2.86. The van der Waals surface area contributed by atoms with Crippen LogP contribution in [0.1, 0.15) is 16.8 Å². The third-order valence-corrected chi connectivity index (χ3v) is 4.27. The number of nitrogens with zero attached hydrogens (tertiary/aromatic N) is 1. The molecule has 4 heteroatoms. The molecule has 19 heavy (non-hydrogen) atoms. The third-order valence-electron chi connectivity index (χ3n) is 3.52. The number of carbonyl (C=O) groups excluding carboxylic acids is 1. The van der Waals surface area contributed by atoms with E-state index in [1.165, 1.54) is 6.07 Å². The molecule has 0 bridgehead atoms. The number of rotatable bonds is 1. The van der Waals surface area contributed by atoms with Crippen LogP contribution in [-0.2, 0) is 0 Å². The number of likely N-dealkylation sites (tertiary alicyclic amines) is 1. The van der Waals surface area contributed by atoms with Gasteiger partial charge in [-0.1, -0.05) is 40.2 Å². The third kappa shape index (κ3) is 2.25. The van der Waals surface area contributed by atoms with Crippen molar-refractivity contribution in [3.8, 4) is 0 Å². The van der Waals surface area contributed by atoms with Crippen LogP contribution in [0.2, 0.25) is 0 Å². The first-order valence-electron chi connectivity index (χ1n) is 6.27. The standard InChI is InChI=1S/C15H13BrFNO/c16-10-7-8-18(9-10)15(19)13-5-6-14(17)12-4-2-1-3-11(12)13/h1-6,10H,7-9H2. The molecule has 2 nitrogen and oxygen atoms in total. The molecule has 0 aromatic heterocycles. The number of hydrogen-bond donors (Lipinski definition) is 0. The maximum atomic E-state index is 13.7. The van der Waals surface area contributed by atoms with Crippen LogP contribution < -0.4 is 0 Å². The summed E-state index contributed by atoms with van der Waals surface area (Å²) in [6, 6.07) is 10.1. The van der Waals surface area contributed by atoms with Crippen molar-refractivity contribution >= 4 is 32.6 Å². The summed E-state index contributed by atoms with van der Waals surface area (Å²) < 4.78 is 13.7. The van der Waals surface area contributed by atoms with E-state index in [0.717, 1.165) is 13.0 Å². The van der Waals surface area contributed by atoms with Crippen molar-refractivity contribution in [1.29, 1.82) is 0 Å². The summed E-state index contributed by atoms with van der Waals surface area (Å²) in [5.74, 6) is -0.301. The van der Waals surface area contributed by atoms with Gasteiger partial charge in [0, 0.05) is 28.9 Å². The summed E-state index contributed by atoms with van der Waals surface area (Å²) in [6.45, 7) is 1.46. The Bertz CT molecular complexity index is 643. The number of amides is 1. The molecule has 1 unspecified atom stereocenters. The van der Waals surface area contributed by atoms with Gasteiger partial charge in [0.1, 0.15) is 5.82 Å². The summed E-state index contributed by atoms with van der Waals surface area (Å²) >= 11 is 3.53. The van der Waals surface area contributed by atoms with Gasteiger partial charge in [-0.15, -0.1) is 0 Å². The highest BCUT2D eigenvalue weighted by molar-refractivity contribution is 9.09. The van der Waals surface area contributed by atoms with E-state index < -0.39 is 0 Å². The molecule has 1 fully saturated rings. The summed E-state index contributed by atoms with van der Waals surface area (Å²) in [6.07, 6.45) is 0.963. The summed E-state index contributed by atoms with van der Waals surface area (Å²) in [4.78, 5) is 14.7. The molecular formula is C15H13BrFNO. The zero-order valence-electron chi connectivity index (χ0n) is 10.3. The van der Waals surface area contributed by atoms with Crippen LogP contribution in [0.5, 0.6) is 0 Å². The fraction of sp³-hybridized carbons (Fsp3) is 0.267. The fourth-order valence-corrected chi connectivity index (χ4v) is 3.08. The smallest absolute Gasteiger partial charge is 0.254 e. The summed E-state index contributed by atoms with van der Waals surface area (Å²) in [7, 11) is 0. The van der Waals surface area contributed by atoms with Crippen LogP contribution in [0.4, 0.5) is 4.39 Å². The molecule has 0 radical (unpaired) electrons. The molecule has 98 valence electrons. The Labute approximate surface area is 119 Å². The minimum absolute atomic E-state index is 0.0156. The number of hydrogen-bond acceptors (Lipinski definition) is 1. The van der Waals surface area contributed by atoms with Crippen LogP contribution in [0, 0.1) is 5.82 Å². The summed E-state index contributed by atoms with van der Waals surface area (Å²) in [5.41, 5.74) is 0.582. The number of alkyl halides is 1. The van der Waals surface area contributed by atoms with Gasteiger partial charge in [-0.25, -0.2) is 4.39 Å². The van der Waals surface area contributed by atoms with E-state index in [4.69, 9.17) is 0 Å². The van der Waals surface area contributed by atoms with Gasteiger partial charge < -0.3 is 4.90 Å². The van der Waals surface area contributed by atoms with Gasteiger partial charge in [-0.2, -0.15) is 0 Å². The zero-order chi connectivity index (χ0) is 13.4. The maximum Gasteiger partial charge on any atom is 0.254 e. The summed E-state index contributed by atoms with van der Waals surface area (Å²) in [5, 5.41) is 1.19. The van der Waals surface area contributed by atoms with Crippen LogP contribution in [0.3, 0.4) is 0 Å². The van der Waals surface area contributed by atoms with E-state index >= 15 is 0 Å². The second-order valence-electron chi connectivity index (χ2n) is 4.78. The van der Waals surface area contributed by atoms with Gasteiger partial charge >= 0.3 is 0 Å². The van der Waals surface area contributed by atoms with Crippen LogP contribution in [0.15, 0.2) is 36.4 Å². The highest BCUT2D eigenvalue weighted by Gasteiger charge is 2.26. The van der Waals surface area contributed by atoms with E-state index in [1.807, 2.05) is 11.0 Å². The molecule has 1 atom stereocenters. The average molecular weight is 322 g/mol. The van der Waals surface area contributed by atoms with Crippen molar-refractivity contribution in [2.45, 2.75) is 11.2 Å². The predicted molar refractivity (Wildman–Crippen MR) is 77.1 cm³/mol. The first kappa shape index (κ1) is 12.6. The van der Waals surface area contributed by atoms with E-state index in [9.17, 15) is 9.18 Å². The first-order valence-corrected chi connectivity index (χ1v) is 7.19. The quantitative estimate of drug-likeness (QED) is 0.735. The lowest BCUT2D eigenvalue weighted by Crippen LogP contribution is -2.28. The molecule has 1 aliphatic heterocycles. The molecule has 0 aliphatic carbocycles. The van der Waals surface area contributed by atoms with Crippen molar-refractivity contribution in [2.75, 3.05) is 13.1 Å². The van der Waals surface area contributed by atoms with E-state index in [0.29, 0.717) is 27.7 Å². The molecule has 0 N–H and O–H groups in total. The number of halogens is 2. The maximum absolute atomic E-state index is 13.7. The lowest BCUT2D eigenvalue weighted by Gasteiger charge is -2.17. The van der Waals surface area contributed by atoms with Gasteiger partial charge in [0.05, 0.1) is 0 Å². The molecule has 1 saturated heterocycles. The van der Waals surface area contributed by atoms with Gasteiger partial charge in [0.2, 0.25) is 0 Å². The molecule has 1 aliphatic rings. The molecule has 0 saturated carbocycles. The Balaban J connectivity index is 2.06.